The van der Waals surface area contributed by atoms with Crippen molar-refractivity contribution in [3.8, 4) is 0 Å². The first kappa shape index (κ1) is 27.8. The van der Waals surface area contributed by atoms with Gasteiger partial charge in [-0.25, -0.2) is 5.10 Å². The molecule has 0 spiro atoms. The van der Waals surface area contributed by atoms with E-state index in [9.17, 15) is 18.0 Å². The molecule has 0 amide bonds. The first-order valence-electron chi connectivity index (χ1n) is 12.2. The van der Waals surface area contributed by atoms with Crippen molar-refractivity contribution in [2.45, 2.75) is 52.1 Å². The van der Waals surface area contributed by atoms with Crippen molar-refractivity contribution in [2.75, 3.05) is 13.1 Å². The van der Waals surface area contributed by atoms with Crippen LogP contribution in [0.15, 0.2) is 53.8 Å². The van der Waals surface area contributed by atoms with Crippen LogP contribution in [0.2, 0.25) is 0 Å². The summed E-state index contributed by atoms with van der Waals surface area (Å²) in [6.45, 7) is 8.99. The lowest BCUT2D eigenvalue weighted by atomic mass is 9.96. The Morgan fingerprint density at radius 3 is 2.43 bits per heavy atom. The molecule has 0 bridgehead atoms. The zero-order chi connectivity index (χ0) is 27.2. The lowest BCUT2D eigenvalue weighted by Crippen LogP contribution is -2.30. The van der Waals surface area contributed by atoms with Gasteiger partial charge in [-0.1, -0.05) is 50.8 Å². The number of H-pyrrole nitrogens is 1. The van der Waals surface area contributed by atoms with Crippen LogP contribution >= 0.6 is 0 Å². The standard InChI is InChI=1S/C28H32F3N5O/c1-4-12-36(17-22(33)15-21(32)16-28(29,30)31)18(3)25-13-19(10-11-20(25)5-2)14-26-23-8-6-7-9-24(23)27(37)35-34-26/h6-11,13,32-33H,3-5,12,14-17H2,1-2H3,(H,35,37). The van der Waals surface area contributed by atoms with Crippen molar-refractivity contribution in [2.24, 2.45) is 0 Å². The number of hydrogen-bond donors (Lipinski definition) is 3. The Labute approximate surface area is 214 Å². The molecular weight excluding hydrogens is 479 g/mol. The van der Waals surface area contributed by atoms with Crippen molar-refractivity contribution in [1.82, 2.24) is 15.1 Å². The molecule has 0 saturated carbocycles. The number of aryl methyl sites for hydroxylation is 1. The highest BCUT2D eigenvalue weighted by atomic mass is 19.4. The average Bonchev–Trinajstić information content (AvgIpc) is 2.84. The van der Waals surface area contributed by atoms with Crippen LogP contribution in [0.1, 0.15) is 55.5 Å². The predicted molar refractivity (Wildman–Crippen MR) is 143 cm³/mol. The van der Waals surface area contributed by atoms with Crippen molar-refractivity contribution in [3.05, 3.63) is 81.8 Å². The minimum absolute atomic E-state index is 0.0435. The number of aromatic amines is 1. The molecule has 3 rings (SSSR count). The molecular formula is C28H32F3N5O. The van der Waals surface area contributed by atoms with Gasteiger partial charge in [-0.2, -0.15) is 18.3 Å². The molecule has 0 saturated heterocycles. The molecule has 1 aromatic heterocycles. The zero-order valence-electron chi connectivity index (χ0n) is 21.1. The number of halogens is 3. The fraction of sp³-hybridized carbons (Fsp3) is 0.357. The van der Waals surface area contributed by atoms with E-state index in [4.69, 9.17) is 10.8 Å². The topological polar surface area (TPSA) is 96.7 Å². The minimum Gasteiger partial charge on any atom is -0.366 e. The van der Waals surface area contributed by atoms with Crippen molar-refractivity contribution in [3.63, 3.8) is 0 Å². The molecule has 196 valence electrons. The molecule has 0 aliphatic rings. The van der Waals surface area contributed by atoms with Crippen LogP contribution in [0.4, 0.5) is 13.2 Å². The van der Waals surface area contributed by atoms with Crippen molar-refractivity contribution >= 4 is 27.9 Å². The maximum atomic E-state index is 12.6. The molecule has 0 aliphatic carbocycles. The molecule has 2 aromatic carbocycles. The van der Waals surface area contributed by atoms with E-state index in [0.29, 0.717) is 24.0 Å². The van der Waals surface area contributed by atoms with Gasteiger partial charge in [0.1, 0.15) is 0 Å². The number of nitrogens with zero attached hydrogens (tertiary/aromatic N) is 2. The Morgan fingerprint density at radius 1 is 1.08 bits per heavy atom. The van der Waals surface area contributed by atoms with E-state index < -0.39 is 18.3 Å². The first-order chi connectivity index (χ1) is 17.5. The summed E-state index contributed by atoms with van der Waals surface area (Å²) >= 11 is 0. The third kappa shape index (κ3) is 7.38. The van der Waals surface area contributed by atoms with Gasteiger partial charge in [0.05, 0.1) is 24.0 Å². The highest BCUT2D eigenvalue weighted by molar-refractivity contribution is 6.03. The van der Waals surface area contributed by atoms with Gasteiger partial charge < -0.3 is 15.7 Å². The molecule has 37 heavy (non-hydrogen) atoms. The van der Waals surface area contributed by atoms with E-state index >= 15 is 0 Å². The Morgan fingerprint density at radius 2 is 1.78 bits per heavy atom. The van der Waals surface area contributed by atoms with Gasteiger partial charge in [0.15, 0.2) is 0 Å². The van der Waals surface area contributed by atoms with Gasteiger partial charge in [0.2, 0.25) is 0 Å². The fourth-order valence-electron chi connectivity index (χ4n) is 4.41. The summed E-state index contributed by atoms with van der Waals surface area (Å²) < 4.78 is 37.8. The molecule has 3 aromatic rings. The highest BCUT2D eigenvalue weighted by Gasteiger charge is 2.29. The number of hydrogen-bond acceptors (Lipinski definition) is 5. The van der Waals surface area contributed by atoms with Gasteiger partial charge in [-0.3, -0.25) is 4.79 Å². The first-order valence-corrected chi connectivity index (χ1v) is 12.2. The number of alkyl halides is 3. The summed E-state index contributed by atoms with van der Waals surface area (Å²) in [7, 11) is 0. The number of aromatic nitrogens is 2. The molecule has 0 unspecified atom stereocenters. The summed E-state index contributed by atoms with van der Waals surface area (Å²) in [5.41, 5.74) is 3.65. The van der Waals surface area contributed by atoms with Gasteiger partial charge in [0.25, 0.3) is 5.56 Å². The van der Waals surface area contributed by atoms with E-state index in [-0.39, 0.29) is 24.2 Å². The summed E-state index contributed by atoms with van der Waals surface area (Å²) in [5.74, 6) is 0. The third-order valence-electron chi connectivity index (χ3n) is 6.11. The lowest BCUT2D eigenvalue weighted by molar-refractivity contribution is -0.121. The fourth-order valence-corrected chi connectivity index (χ4v) is 4.41. The Kier molecular flexibility index (Phi) is 9.02. The Hall–Kier alpha value is -3.75. The van der Waals surface area contributed by atoms with Crippen LogP contribution in [0.25, 0.3) is 16.5 Å². The molecule has 0 radical (unpaired) electrons. The van der Waals surface area contributed by atoms with Gasteiger partial charge >= 0.3 is 6.18 Å². The second-order valence-electron chi connectivity index (χ2n) is 9.11. The largest absolute Gasteiger partial charge is 0.394 e. The quantitative estimate of drug-likeness (QED) is 0.255. The summed E-state index contributed by atoms with van der Waals surface area (Å²) in [6.07, 6.45) is -4.08. The molecule has 0 fully saturated rings. The van der Waals surface area contributed by atoms with Crippen LogP contribution in [0.5, 0.6) is 0 Å². The Bertz CT molecular complexity index is 1360. The maximum absolute atomic E-state index is 12.6. The molecule has 9 heteroatoms. The van der Waals surface area contributed by atoms with Gasteiger partial charge in [0, 0.05) is 47.5 Å². The van der Waals surface area contributed by atoms with Crippen LogP contribution in [-0.2, 0) is 12.8 Å². The van der Waals surface area contributed by atoms with E-state index in [2.05, 4.69) is 16.8 Å². The number of fused-ring (bicyclic) bond motifs is 1. The summed E-state index contributed by atoms with van der Waals surface area (Å²) in [4.78, 5) is 14.0. The minimum atomic E-state index is -4.45. The van der Waals surface area contributed by atoms with E-state index in [0.717, 1.165) is 40.6 Å². The van der Waals surface area contributed by atoms with E-state index in [1.54, 1.807) is 6.07 Å². The smallest absolute Gasteiger partial charge is 0.366 e. The maximum Gasteiger partial charge on any atom is 0.394 e. The average molecular weight is 512 g/mol. The van der Waals surface area contributed by atoms with E-state index in [1.807, 2.05) is 55.1 Å². The second kappa shape index (κ2) is 12.0. The summed E-state index contributed by atoms with van der Waals surface area (Å²) in [6, 6.07) is 13.4. The van der Waals surface area contributed by atoms with Crippen molar-refractivity contribution in [1.29, 1.82) is 10.8 Å². The third-order valence-corrected chi connectivity index (χ3v) is 6.11. The monoisotopic (exact) mass is 511 g/mol. The van der Waals surface area contributed by atoms with E-state index in [1.165, 1.54) is 0 Å². The van der Waals surface area contributed by atoms with Crippen LogP contribution in [-0.4, -0.2) is 45.8 Å². The van der Waals surface area contributed by atoms with Crippen LogP contribution in [0, 0.1) is 10.8 Å². The van der Waals surface area contributed by atoms with Crippen molar-refractivity contribution < 1.29 is 13.2 Å². The lowest BCUT2D eigenvalue weighted by Gasteiger charge is -2.28. The van der Waals surface area contributed by atoms with Gasteiger partial charge in [-0.15, -0.1) is 0 Å². The number of nitrogens with one attached hydrogen (secondary N) is 3. The van der Waals surface area contributed by atoms with Crippen LogP contribution < -0.4 is 5.56 Å². The molecule has 6 nitrogen and oxygen atoms in total. The molecule has 0 aliphatic heterocycles. The Balaban J connectivity index is 1.85. The number of benzene rings is 2. The second-order valence-corrected chi connectivity index (χ2v) is 9.11. The predicted octanol–water partition coefficient (Wildman–Crippen LogP) is 6.14. The van der Waals surface area contributed by atoms with Crippen LogP contribution in [0.3, 0.4) is 0 Å². The SMILES string of the molecule is C=C(c1cc(Cc2n[nH]c(=O)c3ccccc23)ccc1CC)N(CCC)CC(=N)CC(=N)CC(F)(F)F. The normalized spacial score (nSPS) is 11.5. The summed E-state index contributed by atoms with van der Waals surface area (Å²) in [5, 5.41) is 24.1. The van der Waals surface area contributed by atoms with Gasteiger partial charge in [-0.05, 0) is 36.1 Å². The molecule has 3 N–H and O–H groups in total. The molecule has 1 heterocycles. The number of rotatable bonds is 12. The molecule has 0 atom stereocenters. The zero-order valence-corrected chi connectivity index (χ0v) is 21.1. The highest BCUT2D eigenvalue weighted by Crippen LogP contribution is 2.26.